The molecule has 2 N–H and O–H groups in total. The monoisotopic (exact) mass is 360 g/mol. The van der Waals surface area contributed by atoms with E-state index in [0.29, 0.717) is 23.7 Å². The van der Waals surface area contributed by atoms with Crippen LogP contribution in [-0.2, 0) is 0 Å². The van der Waals surface area contributed by atoms with Gasteiger partial charge in [0.05, 0.1) is 11.3 Å². The number of amides is 1. The van der Waals surface area contributed by atoms with Gasteiger partial charge in [0.1, 0.15) is 5.69 Å². The van der Waals surface area contributed by atoms with E-state index in [1.165, 1.54) is 11.1 Å². The highest BCUT2D eigenvalue weighted by atomic mass is 16.1. The molecule has 2 aromatic carbocycles. The van der Waals surface area contributed by atoms with Gasteiger partial charge in [-0.15, -0.1) is 0 Å². The van der Waals surface area contributed by atoms with Gasteiger partial charge >= 0.3 is 0 Å². The van der Waals surface area contributed by atoms with Crippen LogP contribution in [0.4, 0.5) is 0 Å². The second-order valence-electron chi connectivity index (χ2n) is 7.20. The molecule has 5 nitrogen and oxygen atoms in total. The summed E-state index contributed by atoms with van der Waals surface area (Å²) in [5.41, 5.74) is 5.63. The van der Waals surface area contributed by atoms with Gasteiger partial charge in [-0.1, -0.05) is 30.3 Å². The SMILES string of the molecule is Cc1ccc(-c2nn(-c3ccccc3)cc2C(=O)NCC2CNC2)cc1C. The molecule has 0 unspecified atom stereocenters. The van der Waals surface area contributed by atoms with Crippen LogP contribution in [0.15, 0.2) is 54.7 Å². The lowest BCUT2D eigenvalue weighted by atomic mass is 10.0. The number of benzene rings is 2. The third-order valence-corrected chi connectivity index (χ3v) is 5.18. The fraction of sp³-hybridized carbons (Fsp3) is 0.273. The van der Waals surface area contributed by atoms with E-state index in [9.17, 15) is 4.79 Å². The van der Waals surface area contributed by atoms with Crippen molar-refractivity contribution in [3.05, 3.63) is 71.4 Å². The lowest BCUT2D eigenvalue weighted by Gasteiger charge is -2.27. The van der Waals surface area contributed by atoms with Crippen LogP contribution >= 0.6 is 0 Å². The quantitative estimate of drug-likeness (QED) is 0.735. The Bertz CT molecular complexity index is 958. The van der Waals surface area contributed by atoms with Crippen molar-refractivity contribution < 1.29 is 4.79 Å². The molecule has 5 heteroatoms. The van der Waals surface area contributed by atoms with Gasteiger partial charge in [0.15, 0.2) is 0 Å². The number of para-hydroxylation sites is 1. The summed E-state index contributed by atoms with van der Waals surface area (Å²) in [5, 5.41) is 11.0. The third-order valence-electron chi connectivity index (χ3n) is 5.18. The first-order valence-electron chi connectivity index (χ1n) is 9.33. The summed E-state index contributed by atoms with van der Waals surface area (Å²) in [6.45, 7) is 6.79. The normalized spacial score (nSPS) is 14.0. The summed E-state index contributed by atoms with van der Waals surface area (Å²) in [6, 6.07) is 16.1. The summed E-state index contributed by atoms with van der Waals surface area (Å²) in [4.78, 5) is 12.9. The smallest absolute Gasteiger partial charge is 0.255 e. The molecule has 138 valence electrons. The standard InChI is InChI=1S/C22H24N4O/c1-15-8-9-18(10-16(15)2)21-20(22(27)24-13-17-11-23-12-17)14-26(25-21)19-6-4-3-5-7-19/h3-10,14,17,23H,11-13H2,1-2H3,(H,24,27). The Hall–Kier alpha value is -2.92. The lowest BCUT2D eigenvalue weighted by Crippen LogP contribution is -2.48. The fourth-order valence-corrected chi connectivity index (χ4v) is 3.18. The number of nitrogens with one attached hydrogen (secondary N) is 2. The number of carbonyl (C=O) groups is 1. The zero-order valence-corrected chi connectivity index (χ0v) is 15.7. The van der Waals surface area contributed by atoms with E-state index in [0.717, 1.165) is 24.3 Å². The van der Waals surface area contributed by atoms with Gasteiger partial charge < -0.3 is 10.6 Å². The Kier molecular flexibility index (Phi) is 4.77. The van der Waals surface area contributed by atoms with Crippen LogP contribution in [0.25, 0.3) is 16.9 Å². The molecule has 0 aliphatic carbocycles. The van der Waals surface area contributed by atoms with Crippen molar-refractivity contribution in [2.75, 3.05) is 19.6 Å². The van der Waals surface area contributed by atoms with Gasteiger partial charge in [0.25, 0.3) is 5.91 Å². The molecule has 1 aromatic heterocycles. The highest BCUT2D eigenvalue weighted by molar-refractivity contribution is 6.00. The molecule has 1 aliphatic rings. The predicted octanol–water partition coefficient (Wildman–Crippen LogP) is 3.11. The Morgan fingerprint density at radius 3 is 2.59 bits per heavy atom. The van der Waals surface area contributed by atoms with E-state index in [1.807, 2.05) is 42.6 Å². The van der Waals surface area contributed by atoms with Crippen LogP contribution in [0.2, 0.25) is 0 Å². The van der Waals surface area contributed by atoms with E-state index < -0.39 is 0 Å². The molecule has 27 heavy (non-hydrogen) atoms. The van der Waals surface area contributed by atoms with Crippen LogP contribution in [0.1, 0.15) is 21.5 Å². The molecule has 0 atom stereocenters. The minimum Gasteiger partial charge on any atom is -0.352 e. The van der Waals surface area contributed by atoms with E-state index in [-0.39, 0.29) is 5.91 Å². The van der Waals surface area contributed by atoms with Crippen molar-refractivity contribution in [3.63, 3.8) is 0 Å². The largest absolute Gasteiger partial charge is 0.352 e. The molecule has 0 saturated carbocycles. The second-order valence-corrected chi connectivity index (χ2v) is 7.20. The molecule has 3 aromatic rings. The van der Waals surface area contributed by atoms with Crippen molar-refractivity contribution in [2.24, 2.45) is 5.92 Å². The van der Waals surface area contributed by atoms with Crippen LogP contribution in [-0.4, -0.2) is 35.3 Å². The van der Waals surface area contributed by atoms with Gasteiger partial charge in [-0.05, 0) is 43.2 Å². The molecule has 4 rings (SSSR count). The van der Waals surface area contributed by atoms with Crippen LogP contribution in [0.3, 0.4) is 0 Å². The van der Waals surface area contributed by atoms with E-state index in [1.54, 1.807) is 4.68 Å². The third kappa shape index (κ3) is 3.64. The first-order chi connectivity index (χ1) is 13.1. The van der Waals surface area contributed by atoms with Crippen molar-refractivity contribution in [3.8, 4) is 16.9 Å². The first-order valence-corrected chi connectivity index (χ1v) is 9.33. The van der Waals surface area contributed by atoms with Gasteiger partial charge in [-0.25, -0.2) is 4.68 Å². The predicted molar refractivity (Wildman–Crippen MR) is 107 cm³/mol. The highest BCUT2D eigenvalue weighted by Crippen LogP contribution is 2.26. The lowest BCUT2D eigenvalue weighted by molar-refractivity contribution is 0.0943. The summed E-state index contributed by atoms with van der Waals surface area (Å²) in [6.07, 6.45) is 1.83. The maximum atomic E-state index is 12.9. The molecule has 0 bridgehead atoms. The zero-order chi connectivity index (χ0) is 18.8. The fourth-order valence-electron chi connectivity index (χ4n) is 3.18. The van der Waals surface area contributed by atoms with Crippen molar-refractivity contribution in [1.29, 1.82) is 0 Å². The summed E-state index contributed by atoms with van der Waals surface area (Å²) in [7, 11) is 0. The number of carbonyl (C=O) groups excluding carboxylic acids is 1. The number of hydrogen-bond donors (Lipinski definition) is 2. The summed E-state index contributed by atoms with van der Waals surface area (Å²) in [5.74, 6) is 0.445. The Morgan fingerprint density at radius 1 is 1.15 bits per heavy atom. The maximum absolute atomic E-state index is 12.9. The van der Waals surface area contributed by atoms with Crippen LogP contribution < -0.4 is 10.6 Å². The molecule has 1 aliphatic heterocycles. The van der Waals surface area contributed by atoms with Gasteiger partial charge in [0, 0.05) is 37.3 Å². The van der Waals surface area contributed by atoms with E-state index in [2.05, 4.69) is 36.6 Å². The number of aromatic nitrogens is 2. The van der Waals surface area contributed by atoms with Crippen LogP contribution in [0, 0.1) is 19.8 Å². The molecular formula is C22H24N4O. The average molecular weight is 360 g/mol. The van der Waals surface area contributed by atoms with Crippen molar-refractivity contribution >= 4 is 5.91 Å². The number of rotatable bonds is 5. The second kappa shape index (κ2) is 7.37. The first kappa shape index (κ1) is 17.5. The Balaban J connectivity index is 1.71. The topological polar surface area (TPSA) is 59.0 Å². The molecule has 0 radical (unpaired) electrons. The Morgan fingerprint density at radius 2 is 1.93 bits per heavy atom. The van der Waals surface area contributed by atoms with Crippen molar-refractivity contribution in [2.45, 2.75) is 13.8 Å². The minimum absolute atomic E-state index is 0.0719. The maximum Gasteiger partial charge on any atom is 0.255 e. The number of nitrogens with zero attached hydrogens (tertiary/aromatic N) is 2. The highest BCUT2D eigenvalue weighted by Gasteiger charge is 2.22. The van der Waals surface area contributed by atoms with Crippen LogP contribution in [0.5, 0.6) is 0 Å². The zero-order valence-electron chi connectivity index (χ0n) is 15.7. The Labute approximate surface area is 159 Å². The van der Waals surface area contributed by atoms with Gasteiger partial charge in [-0.3, -0.25) is 4.79 Å². The van der Waals surface area contributed by atoms with Gasteiger partial charge in [0.2, 0.25) is 0 Å². The molecule has 0 spiro atoms. The average Bonchev–Trinajstić information content (AvgIpc) is 3.09. The van der Waals surface area contributed by atoms with Crippen molar-refractivity contribution in [1.82, 2.24) is 20.4 Å². The van der Waals surface area contributed by atoms with E-state index >= 15 is 0 Å². The molecule has 2 heterocycles. The molecular weight excluding hydrogens is 336 g/mol. The summed E-state index contributed by atoms with van der Waals surface area (Å²) < 4.78 is 1.78. The molecule has 1 saturated heterocycles. The minimum atomic E-state index is -0.0719. The molecule has 1 amide bonds. The number of hydrogen-bond acceptors (Lipinski definition) is 3. The summed E-state index contributed by atoms with van der Waals surface area (Å²) >= 11 is 0. The number of aryl methyl sites for hydroxylation is 2. The molecule has 1 fully saturated rings. The van der Waals surface area contributed by atoms with E-state index in [4.69, 9.17) is 5.10 Å². The van der Waals surface area contributed by atoms with Gasteiger partial charge in [-0.2, -0.15) is 5.10 Å².